The fraction of sp³-hybridized carbons (Fsp3) is 0.235. The molecule has 0 radical (unpaired) electrons. The number of ether oxygens (including phenoxy) is 2. The molecular weight excluding hydrogens is 312 g/mol. The van der Waals surface area contributed by atoms with Gasteiger partial charge in [0.25, 0.3) is 0 Å². The molecule has 0 amide bonds. The number of thiazole rings is 1. The van der Waals surface area contributed by atoms with E-state index in [0.717, 1.165) is 32.7 Å². The molecule has 0 saturated carbocycles. The Labute approximate surface area is 138 Å². The second-order valence-corrected chi connectivity index (χ2v) is 5.97. The second-order valence-electron chi connectivity index (χ2n) is 4.85. The van der Waals surface area contributed by atoms with Crippen LogP contribution in [0, 0.1) is 0 Å². The molecule has 23 heavy (non-hydrogen) atoms. The minimum atomic E-state index is 0.677. The number of benzene rings is 1. The van der Waals surface area contributed by atoms with Crippen molar-refractivity contribution in [2.75, 3.05) is 14.2 Å². The maximum atomic E-state index is 5.43. The molecule has 3 rings (SSSR count). The fourth-order valence-corrected chi connectivity index (χ4v) is 3.18. The number of nitrogens with zero attached hydrogens (tertiary/aromatic N) is 1. The number of nitrogens with one attached hydrogen (secondary N) is 1. The van der Waals surface area contributed by atoms with Gasteiger partial charge in [0.2, 0.25) is 0 Å². The Balaban J connectivity index is 1.62. The summed E-state index contributed by atoms with van der Waals surface area (Å²) in [6, 6.07) is 9.67. The van der Waals surface area contributed by atoms with Gasteiger partial charge in [-0.3, -0.25) is 0 Å². The number of aromatic nitrogens is 1. The zero-order chi connectivity index (χ0) is 16.1. The van der Waals surface area contributed by atoms with E-state index >= 15 is 0 Å². The Morgan fingerprint density at radius 3 is 2.78 bits per heavy atom. The molecular formula is C17H18N2O3S. The first-order valence-electron chi connectivity index (χ1n) is 7.21. The summed E-state index contributed by atoms with van der Waals surface area (Å²) < 4.78 is 16.1. The molecule has 6 heteroatoms. The van der Waals surface area contributed by atoms with Crippen LogP contribution in [-0.2, 0) is 13.1 Å². The van der Waals surface area contributed by atoms with Crippen molar-refractivity contribution < 1.29 is 13.9 Å². The van der Waals surface area contributed by atoms with Gasteiger partial charge in [-0.25, -0.2) is 4.98 Å². The molecule has 0 fully saturated rings. The molecule has 0 spiro atoms. The summed E-state index contributed by atoms with van der Waals surface area (Å²) in [7, 11) is 3.29. The Morgan fingerprint density at radius 2 is 2.04 bits per heavy atom. The molecule has 0 atom stereocenters. The molecule has 1 aromatic carbocycles. The lowest BCUT2D eigenvalue weighted by molar-refractivity contribution is 0.350. The quantitative estimate of drug-likeness (QED) is 0.716. The topological polar surface area (TPSA) is 56.5 Å². The number of hydrogen-bond donors (Lipinski definition) is 1. The van der Waals surface area contributed by atoms with Crippen LogP contribution < -0.4 is 14.8 Å². The van der Waals surface area contributed by atoms with E-state index in [-0.39, 0.29) is 0 Å². The van der Waals surface area contributed by atoms with Gasteiger partial charge < -0.3 is 19.2 Å². The number of methoxy groups -OCH3 is 2. The van der Waals surface area contributed by atoms with E-state index in [1.54, 1.807) is 31.8 Å². The Bertz CT molecular complexity index is 753. The maximum absolute atomic E-state index is 5.43. The maximum Gasteiger partial charge on any atom is 0.165 e. The highest BCUT2D eigenvalue weighted by Crippen LogP contribution is 2.31. The van der Waals surface area contributed by atoms with Gasteiger partial charge in [-0.05, 0) is 18.2 Å². The molecule has 2 aromatic heterocycles. The molecule has 0 aliphatic heterocycles. The third kappa shape index (κ3) is 3.55. The summed E-state index contributed by atoms with van der Waals surface area (Å²) in [6.07, 6.45) is 3.51. The van der Waals surface area contributed by atoms with Gasteiger partial charge in [0.15, 0.2) is 11.5 Å². The monoisotopic (exact) mass is 330 g/mol. The first-order valence-corrected chi connectivity index (χ1v) is 8.02. The van der Waals surface area contributed by atoms with Gasteiger partial charge >= 0.3 is 0 Å². The van der Waals surface area contributed by atoms with Gasteiger partial charge in [0.05, 0.1) is 25.4 Å². The van der Waals surface area contributed by atoms with Crippen LogP contribution >= 0.6 is 11.3 Å². The van der Waals surface area contributed by atoms with Crippen LogP contribution in [0.3, 0.4) is 0 Å². The molecule has 0 unspecified atom stereocenters. The van der Waals surface area contributed by atoms with Crippen LogP contribution in [0.2, 0.25) is 0 Å². The number of furan rings is 1. The van der Waals surface area contributed by atoms with E-state index in [2.05, 4.69) is 10.3 Å². The molecule has 1 N–H and O–H groups in total. The van der Waals surface area contributed by atoms with E-state index in [9.17, 15) is 0 Å². The molecule has 0 aliphatic rings. The minimum Gasteiger partial charge on any atom is -0.493 e. The molecule has 0 bridgehead atoms. The predicted molar refractivity (Wildman–Crippen MR) is 89.9 cm³/mol. The predicted octanol–water partition coefficient (Wildman–Crippen LogP) is 3.71. The zero-order valence-electron chi connectivity index (χ0n) is 13.0. The Morgan fingerprint density at radius 1 is 1.13 bits per heavy atom. The third-order valence-corrected chi connectivity index (χ3v) is 4.41. The van der Waals surface area contributed by atoms with Crippen LogP contribution in [0.5, 0.6) is 11.5 Å². The van der Waals surface area contributed by atoms with Crippen molar-refractivity contribution in [3.8, 4) is 22.1 Å². The lowest BCUT2D eigenvalue weighted by atomic mass is 10.2. The number of hydrogen-bond acceptors (Lipinski definition) is 6. The largest absolute Gasteiger partial charge is 0.493 e. The average molecular weight is 330 g/mol. The van der Waals surface area contributed by atoms with Crippen molar-refractivity contribution in [1.82, 2.24) is 10.3 Å². The van der Waals surface area contributed by atoms with Crippen molar-refractivity contribution in [3.05, 3.63) is 53.4 Å². The lowest BCUT2D eigenvalue weighted by Gasteiger charge is -2.12. The van der Waals surface area contributed by atoms with Crippen molar-refractivity contribution in [2.24, 2.45) is 0 Å². The normalized spacial score (nSPS) is 10.7. The summed E-state index contributed by atoms with van der Waals surface area (Å²) in [4.78, 5) is 5.45. The van der Waals surface area contributed by atoms with Crippen LogP contribution in [0.1, 0.15) is 10.6 Å². The third-order valence-electron chi connectivity index (χ3n) is 3.39. The van der Waals surface area contributed by atoms with Crippen LogP contribution in [0.25, 0.3) is 10.6 Å². The zero-order valence-corrected chi connectivity index (χ0v) is 13.9. The van der Waals surface area contributed by atoms with E-state index in [0.29, 0.717) is 13.1 Å². The van der Waals surface area contributed by atoms with Crippen LogP contribution in [0.15, 0.2) is 47.2 Å². The van der Waals surface area contributed by atoms with E-state index in [1.807, 2.05) is 36.5 Å². The molecule has 0 saturated heterocycles. The fourth-order valence-electron chi connectivity index (χ4n) is 2.32. The minimum absolute atomic E-state index is 0.677. The Hall–Kier alpha value is -2.31. The van der Waals surface area contributed by atoms with Crippen LogP contribution in [0.4, 0.5) is 0 Å². The highest BCUT2D eigenvalue weighted by Gasteiger charge is 2.10. The van der Waals surface area contributed by atoms with Crippen molar-refractivity contribution in [2.45, 2.75) is 13.1 Å². The van der Waals surface area contributed by atoms with Gasteiger partial charge in [0, 0.05) is 24.8 Å². The summed E-state index contributed by atoms with van der Waals surface area (Å²) in [5.41, 5.74) is 1.05. The molecule has 5 nitrogen and oxygen atoms in total. The van der Waals surface area contributed by atoms with Crippen LogP contribution in [-0.4, -0.2) is 19.2 Å². The van der Waals surface area contributed by atoms with Gasteiger partial charge in [-0.1, -0.05) is 12.1 Å². The average Bonchev–Trinajstić information content (AvgIpc) is 3.25. The SMILES string of the molecule is COc1cccc(CNCc2ncc(-c3ccco3)s2)c1OC. The van der Waals surface area contributed by atoms with Crippen molar-refractivity contribution >= 4 is 11.3 Å². The van der Waals surface area contributed by atoms with Gasteiger partial charge in [-0.2, -0.15) is 0 Å². The highest BCUT2D eigenvalue weighted by molar-refractivity contribution is 7.15. The summed E-state index contributed by atoms with van der Waals surface area (Å²) >= 11 is 1.62. The summed E-state index contributed by atoms with van der Waals surface area (Å²) in [5.74, 6) is 2.35. The van der Waals surface area contributed by atoms with Gasteiger partial charge in [-0.15, -0.1) is 11.3 Å². The lowest BCUT2D eigenvalue weighted by Crippen LogP contribution is -2.13. The summed E-state index contributed by atoms with van der Waals surface area (Å²) in [5, 5.41) is 4.40. The second kappa shape index (κ2) is 7.30. The first-order chi connectivity index (χ1) is 11.3. The van der Waals surface area contributed by atoms with E-state index < -0.39 is 0 Å². The van der Waals surface area contributed by atoms with Crippen molar-refractivity contribution in [1.29, 1.82) is 0 Å². The smallest absolute Gasteiger partial charge is 0.165 e. The van der Waals surface area contributed by atoms with Crippen molar-refractivity contribution in [3.63, 3.8) is 0 Å². The summed E-state index contributed by atoms with van der Waals surface area (Å²) in [6.45, 7) is 1.36. The highest BCUT2D eigenvalue weighted by atomic mass is 32.1. The Kier molecular flexibility index (Phi) is 4.95. The number of para-hydroxylation sites is 1. The standard InChI is InChI=1S/C17H18N2O3S/c1-20-14-6-3-5-12(17(14)21-2)9-18-11-16-19-10-15(23-16)13-7-4-8-22-13/h3-8,10,18H,9,11H2,1-2H3. The first kappa shape index (κ1) is 15.6. The van der Waals surface area contributed by atoms with Gasteiger partial charge in [0.1, 0.15) is 10.8 Å². The molecule has 0 aliphatic carbocycles. The van der Waals surface area contributed by atoms with E-state index in [1.165, 1.54) is 0 Å². The molecule has 120 valence electrons. The molecule has 3 aromatic rings. The molecule has 2 heterocycles. The van der Waals surface area contributed by atoms with E-state index in [4.69, 9.17) is 13.9 Å². The number of rotatable bonds is 7.